The van der Waals surface area contributed by atoms with Crippen molar-refractivity contribution < 1.29 is 5.11 Å². The summed E-state index contributed by atoms with van der Waals surface area (Å²) in [6.07, 6.45) is 5.93. The molecule has 2 heteroatoms. The molecule has 1 fully saturated rings. The minimum atomic E-state index is -0.0730. The second-order valence-corrected chi connectivity index (χ2v) is 5.90. The van der Waals surface area contributed by atoms with Crippen LogP contribution in [-0.2, 0) is 13.1 Å². The number of rotatable bonds is 2. The lowest BCUT2D eigenvalue weighted by Crippen LogP contribution is -2.31. The molecule has 0 saturated heterocycles. The summed E-state index contributed by atoms with van der Waals surface area (Å²) >= 11 is 0. The Bertz CT molecular complexity index is 379. The molecule has 98 valence electrons. The fraction of sp³-hybridized carbons (Fsp3) is 0.625. The number of nitrogens with zero attached hydrogens (tertiary/aromatic N) is 1. The van der Waals surface area contributed by atoms with E-state index >= 15 is 0 Å². The van der Waals surface area contributed by atoms with Crippen molar-refractivity contribution in [2.24, 2.45) is 5.92 Å². The van der Waals surface area contributed by atoms with Gasteiger partial charge in [0.1, 0.15) is 0 Å². The molecule has 2 unspecified atom stereocenters. The van der Waals surface area contributed by atoms with E-state index in [4.69, 9.17) is 0 Å². The summed E-state index contributed by atoms with van der Waals surface area (Å²) in [7, 11) is 0. The van der Waals surface area contributed by atoms with E-state index in [0.29, 0.717) is 5.92 Å². The minimum absolute atomic E-state index is 0.0730. The molecule has 1 aliphatic carbocycles. The average Bonchev–Trinajstić information content (AvgIpc) is 2.68. The lowest BCUT2D eigenvalue weighted by Gasteiger charge is -2.25. The number of fused-ring (bicyclic) bond motifs is 1. The van der Waals surface area contributed by atoms with Crippen LogP contribution in [0.5, 0.6) is 0 Å². The molecule has 1 saturated carbocycles. The van der Waals surface area contributed by atoms with Gasteiger partial charge in [0.05, 0.1) is 6.10 Å². The quantitative estimate of drug-likeness (QED) is 0.810. The van der Waals surface area contributed by atoms with Crippen LogP contribution in [-0.4, -0.2) is 22.7 Å². The molecule has 18 heavy (non-hydrogen) atoms. The highest BCUT2D eigenvalue weighted by molar-refractivity contribution is 5.30. The van der Waals surface area contributed by atoms with Gasteiger partial charge in [0.15, 0.2) is 0 Å². The largest absolute Gasteiger partial charge is 0.393 e. The summed E-state index contributed by atoms with van der Waals surface area (Å²) in [6.45, 7) is 3.20. The SMILES string of the molecule is OC1CCCCCC1CN1Cc2ccccc2C1. The molecule has 0 bridgehead atoms. The predicted molar refractivity (Wildman–Crippen MR) is 73.1 cm³/mol. The van der Waals surface area contributed by atoms with Gasteiger partial charge in [-0.3, -0.25) is 4.90 Å². The normalized spacial score (nSPS) is 28.9. The lowest BCUT2D eigenvalue weighted by molar-refractivity contribution is 0.0726. The second kappa shape index (κ2) is 5.41. The molecule has 2 atom stereocenters. The zero-order valence-electron chi connectivity index (χ0n) is 11.0. The van der Waals surface area contributed by atoms with E-state index < -0.39 is 0 Å². The summed E-state index contributed by atoms with van der Waals surface area (Å²) in [5.41, 5.74) is 2.95. The standard InChI is InChI=1S/C16H23NO/c18-16-9-3-1-2-8-15(16)12-17-10-13-6-4-5-7-14(13)11-17/h4-7,15-16,18H,1-3,8-12H2. The van der Waals surface area contributed by atoms with Gasteiger partial charge < -0.3 is 5.11 Å². The zero-order valence-corrected chi connectivity index (χ0v) is 11.0. The maximum atomic E-state index is 10.2. The van der Waals surface area contributed by atoms with Gasteiger partial charge in [-0.1, -0.05) is 43.5 Å². The highest BCUT2D eigenvalue weighted by atomic mass is 16.3. The summed E-state index contributed by atoms with van der Waals surface area (Å²) in [5.74, 6) is 0.488. The first-order valence-corrected chi connectivity index (χ1v) is 7.30. The smallest absolute Gasteiger partial charge is 0.0580 e. The molecular weight excluding hydrogens is 222 g/mol. The van der Waals surface area contributed by atoms with Crippen LogP contribution < -0.4 is 0 Å². The Hall–Kier alpha value is -0.860. The molecule has 1 heterocycles. The fourth-order valence-corrected chi connectivity index (χ4v) is 3.44. The molecule has 3 rings (SSSR count). The van der Waals surface area contributed by atoms with Crippen molar-refractivity contribution >= 4 is 0 Å². The third-order valence-electron chi connectivity index (χ3n) is 4.52. The van der Waals surface area contributed by atoms with E-state index in [1.807, 2.05) is 0 Å². The Balaban J connectivity index is 1.61. The fourth-order valence-electron chi connectivity index (χ4n) is 3.44. The summed E-state index contributed by atoms with van der Waals surface area (Å²) in [4.78, 5) is 2.50. The highest BCUT2D eigenvalue weighted by Crippen LogP contribution is 2.28. The molecule has 2 aliphatic rings. The molecule has 1 aliphatic heterocycles. The molecule has 0 spiro atoms. The Morgan fingerprint density at radius 1 is 1.00 bits per heavy atom. The number of aliphatic hydroxyl groups is 1. The third-order valence-corrected chi connectivity index (χ3v) is 4.52. The van der Waals surface area contributed by atoms with Crippen LogP contribution in [0.4, 0.5) is 0 Å². The van der Waals surface area contributed by atoms with Crippen LogP contribution in [0.1, 0.15) is 43.2 Å². The van der Waals surface area contributed by atoms with Crippen molar-refractivity contribution in [1.82, 2.24) is 4.90 Å². The van der Waals surface area contributed by atoms with Crippen molar-refractivity contribution in [1.29, 1.82) is 0 Å². The van der Waals surface area contributed by atoms with E-state index in [2.05, 4.69) is 29.2 Å². The minimum Gasteiger partial charge on any atom is -0.393 e. The topological polar surface area (TPSA) is 23.5 Å². The first-order chi connectivity index (χ1) is 8.83. The molecule has 0 amide bonds. The maximum Gasteiger partial charge on any atom is 0.0580 e. The van der Waals surface area contributed by atoms with E-state index in [9.17, 15) is 5.11 Å². The van der Waals surface area contributed by atoms with Crippen LogP contribution >= 0.6 is 0 Å². The van der Waals surface area contributed by atoms with Gasteiger partial charge in [-0.05, 0) is 29.9 Å². The van der Waals surface area contributed by atoms with Gasteiger partial charge in [-0.25, -0.2) is 0 Å². The third kappa shape index (κ3) is 2.60. The highest BCUT2D eigenvalue weighted by Gasteiger charge is 2.26. The Morgan fingerprint density at radius 3 is 2.39 bits per heavy atom. The average molecular weight is 245 g/mol. The van der Waals surface area contributed by atoms with Crippen molar-refractivity contribution in [2.45, 2.75) is 51.3 Å². The van der Waals surface area contributed by atoms with Gasteiger partial charge in [0, 0.05) is 19.6 Å². The summed E-state index contributed by atoms with van der Waals surface area (Å²) in [6, 6.07) is 8.73. The van der Waals surface area contributed by atoms with Crippen LogP contribution in [0.15, 0.2) is 24.3 Å². The number of benzene rings is 1. The predicted octanol–water partition coefficient (Wildman–Crippen LogP) is 2.94. The first-order valence-electron chi connectivity index (χ1n) is 7.30. The van der Waals surface area contributed by atoms with Crippen molar-refractivity contribution in [3.63, 3.8) is 0 Å². The van der Waals surface area contributed by atoms with E-state index in [1.54, 1.807) is 0 Å². The second-order valence-electron chi connectivity index (χ2n) is 5.90. The van der Waals surface area contributed by atoms with Crippen molar-refractivity contribution in [3.05, 3.63) is 35.4 Å². The Labute approximate surface area is 110 Å². The molecule has 0 radical (unpaired) electrons. The van der Waals surface area contributed by atoms with Crippen LogP contribution in [0, 0.1) is 5.92 Å². The summed E-state index contributed by atoms with van der Waals surface area (Å²) in [5, 5.41) is 10.2. The molecule has 1 N–H and O–H groups in total. The molecule has 2 nitrogen and oxygen atoms in total. The maximum absolute atomic E-state index is 10.2. The number of hydrogen-bond acceptors (Lipinski definition) is 2. The summed E-state index contributed by atoms with van der Waals surface area (Å²) < 4.78 is 0. The van der Waals surface area contributed by atoms with Crippen molar-refractivity contribution in [3.8, 4) is 0 Å². The van der Waals surface area contributed by atoms with Gasteiger partial charge in [0.25, 0.3) is 0 Å². The number of hydrogen-bond donors (Lipinski definition) is 1. The molecule has 1 aromatic carbocycles. The molecule has 0 aromatic heterocycles. The van der Waals surface area contributed by atoms with E-state index in [0.717, 1.165) is 26.1 Å². The monoisotopic (exact) mass is 245 g/mol. The van der Waals surface area contributed by atoms with Gasteiger partial charge in [0.2, 0.25) is 0 Å². The first kappa shape index (κ1) is 12.2. The van der Waals surface area contributed by atoms with Crippen LogP contribution in [0.2, 0.25) is 0 Å². The number of aliphatic hydroxyl groups excluding tert-OH is 1. The van der Waals surface area contributed by atoms with Gasteiger partial charge >= 0.3 is 0 Å². The van der Waals surface area contributed by atoms with Gasteiger partial charge in [-0.2, -0.15) is 0 Å². The van der Waals surface area contributed by atoms with Crippen molar-refractivity contribution in [2.75, 3.05) is 6.54 Å². The zero-order chi connectivity index (χ0) is 12.4. The Morgan fingerprint density at radius 2 is 1.67 bits per heavy atom. The van der Waals surface area contributed by atoms with Gasteiger partial charge in [-0.15, -0.1) is 0 Å². The van der Waals surface area contributed by atoms with Crippen LogP contribution in [0.3, 0.4) is 0 Å². The van der Waals surface area contributed by atoms with Crippen LogP contribution in [0.25, 0.3) is 0 Å². The Kier molecular flexibility index (Phi) is 3.67. The van der Waals surface area contributed by atoms with E-state index in [-0.39, 0.29) is 6.10 Å². The lowest BCUT2D eigenvalue weighted by atomic mass is 9.97. The molecule has 1 aromatic rings. The molecular formula is C16H23NO. The van der Waals surface area contributed by atoms with E-state index in [1.165, 1.54) is 36.8 Å².